The van der Waals surface area contributed by atoms with Crippen LogP contribution in [0, 0.1) is 13.8 Å². The summed E-state index contributed by atoms with van der Waals surface area (Å²) in [6.45, 7) is 4.54. The largest absolute Gasteiger partial charge is 0.497 e. The van der Waals surface area contributed by atoms with E-state index in [-0.39, 0.29) is 11.1 Å². The number of halogens is 1. The lowest BCUT2D eigenvalue weighted by molar-refractivity contribution is 0.0954. The molecule has 134 valence electrons. The number of fused-ring (bicyclic) bond motifs is 1. The molecule has 3 rings (SSSR count). The molecule has 0 fully saturated rings. The van der Waals surface area contributed by atoms with Crippen LogP contribution in [0.2, 0.25) is 5.15 Å². The maximum absolute atomic E-state index is 12.5. The lowest BCUT2D eigenvalue weighted by Gasteiger charge is -2.10. The van der Waals surface area contributed by atoms with Crippen LogP contribution in [0.1, 0.15) is 27.0 Å². The first kappa shape index (κ1) is 18.2. The molecule has 0 aliphatic heterocycles. The molecule has 1 heterocycles. The first-order valence-corrected chi connectivity index (χ1v) is 8.84. The summed E-state index contributed by atoms with van der Waals surface area (Å²) in [5.74, 6) is 0.606. The molecular weight excluding hydrogens is 348 g/mol. The van der Waals surface area contributed by atoms with E-state index >= 15 is 0 Å². The van der Waals surface area contributed by atoms with E-state index in [2.05, 4.69) is 16.4 Å². The average Bonchev–Trinajstić information content (AvgIpc) is 2.62. The summed E-state index contributed by atoms with van der Waals surface area (Å²) in [4.78, 5) is 16.9. The van der Waals surface area contributed by atoms with Gasteiger partial charge in [0.1, 0.15) is 10.9 Å². The standard InChI is InChI=1S/C21H21ClN2O2/c1-13-10-14(2)19-16(11-13)12-18(20(22)24-19)21(25)23-9-8-15-4-6-17(26-3)7-5-15/h4-7,10-12H,8-9H2,1-3H3,(H,23,25). The van der Waals surface area contributed by atoms with Gasteiger partial charge >= 0.3 is 0 Å². The Labute approximate surface area is 158 Å². The topological polar surface area (TPSA) is 51.2 Å². The van der Waals surface area contributed by atoms with E-state index in [1.54, 1.807) is 7.11 Å². The molecule has 26 heavy (non-hydrogen) atoms. The van der Waals surface area contributed by atoms with Gasteiger partial charge in [-0.15, -0.1) is 0 Å². The number of benzene rings is 2. The zero-order chi connectivity index (χ0) is 18.7. The second kappa shape index (κ2) is 7.75. The van der Waals surface area contributed by atoms with Gasteiger partial charge in [0.25, 0.3) is 5.91 Å². The van der Waals surface area contributed by atoms with Gasteiger partial charge in [0.05, 0.1) is 18.2 Å². The summed E-state index contributed by atoms with van der Waals surface area (Å²) in [5.41, 5.74) is 4.53. The Morgan fingerprint density at radius 3 is 2.58 bits per heavy atom. The molecule has 4 nitrogen and oxygen atoms in total. The molecule has 0 radical (unpaired) electrons. The second-order valence-corrected chi connectivity index (χ2v) is 6.69. The molecule has 0 unspecified atom stereocenters. The quantitative estimate of drug-likeness (QED) is 0.675. The third-order valence-corrected chi connectivity index (χ3v) is 4.60. The number of hydrogen-bond acceptors (Lipinski definition) is 3. The van der Waals surface area contributed by atoms with Gasteiger partial charge in [0, 0.05) is 11.9 Å². The summed E-state index contributed by atoms with van der Waals surface area (Å²) in [6.07, 6.45) is 0.729. The Morgan fingerprint density at radius 2 is 1.88 bits per heavy atom. The van der Waals surface area contributed by atoms with E-state index in [0.717, 1.165) is 39.8 Å². The molecule has 5 heteroatoms. The van der Waals surface area contributed by atoms with Crippen LogP contribution in [-0.2, 0) is 6.42 Å². The van der Waals surface area contributed by atoms with Crippen molar-refractivity contribution in [3.8, 4) is 5.75 Å². The van der Waals surface area contributed by atoms with Gasteiger partial charge in [-0.3, -0.25) is 4.79 Å². The van der Waals surface area contributed by atoms with E-state index in [9.17, 15) is 4.79 Å². The van der Waals surface area contributed by atoms with Crippen molar-refractivity contribution in [1.29, 1.82) is 0 Å². The minimum absolute atomic E-state index is 0.211. The predicted molar refractivity (Wildman–Crippen MR) is 105 cm³/mol. The number of rotatable bonds is 5. The Bertz CT molecular complexity index is 952. The maximum Gasteiger partial charge on any atom is 0.254 e. The number of carbonyl (C=O) groups is 1. The highest BCUT2D eigenvalue weighted by atomic mass is 35.5. The fraction of sp³-hybridized carbons (Fsp3) is 0.238. The minimum Gasteiger partial charge on any atom is -0.497 e. The van der Waals surface area contributed by atoms with Crippen molar-refractivity contribution < 1.29 is 9.53 Å². The number of aryl methyl sites for hydroxylation is 2. The van der Waals surface area contributed by atoms with Gasteiger partial charge in [0.2, 0.25) is 0 Å². The van der Waals surface area contributed by atoms with Gasteiger partial charge in [-0.1, -0.05) is 35.4 Å². The average molecular weight is 369 g/mol. The molecule has 0 aliphatic rings. The fourth-order valence-electron chi connectivity index (χ4n) is 3.00. The summed E-state index contributed by atoms with van der Waals surface area (Å²) >= 11 is 6.25. The van der Waals surface area contributed by atoms with Crippen LogP contribution in [0.3, 0.4) is 0 Å². The summed E-state index contributed by atoms with van der Waals surface area (Å²) in [7, 11) is 1.64. The highest BCUT2D eigenvalue weighted by molar-refractivity contribution is 6.33. The van der Waals surface area contributed by atoms with E-state index < -0.39 is 0 Å². The van der Waals surface area contributed by atoms with Crippen molar-refractivity contribution in [1.82, 2.24) is 10.3 Å². The van der Waals surface area contributed by atoms with Crippen LogP contribution in [0.4, 0.5) is 0 Å². The molecule has 0 atom stereocenters. The van der Waals surface area contributed by atoms with Crippen molar-refractivity contribution in [2.75, 3.05) is 13.7 Å². The molecule has 0 saturated carbocycles. The number of nitrogens with zero attached hydrogens (tertiary/aromatic N) is 1. The van der Waals surface area contributed by atoms with E-state index in [0.29, 0.717) is 12.1 Å². The lowest BCUT2D eigenvalue weighted by Crippen LogP contribution is -2.26. The van der Waals surface area contributed by atoms with Crippen molar-refractivity contribution in [2.24, 2.45) is 0 Å². The number of pyridine rings is 1. The molecule has 1 aromatic heterocycles. The molecule has 0 aliphatic carbocycles. The molecule has 2 aromatic carbocycles. The lowest BCUT2D eigenvalue weighted by atomic mass is 10.1. The molecular formula is C21H21ClN2O2. The predicted octanol–water partition coefficient (Wildman–Crippen LogP) is 4.49. The molecule has 3 aromatic rings. The summed E-state index contributed by atoms with van der Waals surface area (Å²) < 4.78 is 5.14. The van der Waals surface area contributed by atoms with Gasteiger partial charge in [-0.25, -0.2) is 4.98 Å². The van der Waals surface area contributed by atoms with Gasteiger partial charge in [-0.2, -0.15) is 0 Å². The SMILES string of the molecule is COc1ccc(CCNC(=O)c2cc3cc(C)cc(C)c3nc2Cl)cc1. The molecule has 0 bridgehead atoms. The van der Waals surface area contributed by atoms with E-state index in [4.69, 9.17) is 16.3 Å². The Balaban J connectivity index is 1.71. The van der Waals surface area contributed by atoms with Crippen molar-refractivity contribution in [2.45, 2.75) is 20.3 Å². The van der Waals surface area contributed by atoms with Gasteiger partial charge in [-0.05, 0) is 55.7 Å². The van der Waals surface area contributed by atoms with E-state index in [1.807, 2.05) is 50.2 Å². The van der Waals surface area contributed by atoms with Crippen LogP contribution in [-0.4, -0.2) is 24.5 Å². The highest BCUT2D eigenvalue weighted by Crippen LogP contribution is 2.24. The number of nitrogens with one attached hydrogen (secondary N) is 1. The zero-order valence-corrected chi connectivity index (χ0v) is 15.9. The van der Waals surface area contributed by atoms with Crippen molar-refractivity contribution in [3.63, 3.8) is 0 Å². The van der Waals surface area contributed by atoms with Gasteiger partial charge in [0.15, 0.2) is 0 Å². The first-order valence-electron chi connectivity index (χ1n) is 8.46. The van der Waals surface area contributed by atoms with Crippen LogP contribution in [0.25, 0.3) is 10.9 Å². The van der Waals surface area contributed by atoms with Crippen LogP contribution < -0.4 is 10.1 Å². The number of ether oxygens (including phenoxy) is 1. The molecule has 0 saturated heterocycles. The normalized spacial score (nSPS) is 10.8. The van der Waals surface area contributed by atoms with E-state index in [1.165, 1.54) is 0 Å². The Kier molecular flexibility index (Phi) is 5.43. The highest BCUT2D eigenvalue weighted by Gasteiger charge is 2.14. The maximum atomic E-state index is 12.5. The van der Waals surface area contributed by atoms with Crippen molar-refractivity contribution in [3.05, 3.63) is 69.9 Å². The molecule has 1 N–H and O–H groups in total. The number of hydrogen-bond donors (Lipinski definition) is 1. The minimum atomic E-state index is -0.211. The first-order chi connectivity index (χ1) is 12.5. The van der Waals surface area contributed by atoms with Crippen LogP contribution in [0.15, 0.2) is 42.5 Å². The number of carbonyl (C=O) groups excluding carboxylic acids is 1. The number of methoxy groups -OCH3 is 1. The Morgan fingerprint density at radius 1 is 1.15 bits per heavy atom. The third kappa shape index (κ3) is 3.97. The summed E-state index contributed by atoms with van der Waals surface area (Å²) in [6, 6.07) is 13.7. The Hall–Kier alpha value is -2.59. The van der Waals surface area contributed by atoms with Crippen molar-refractivity contribution >= 4 is 28.4 Å². The van der Waals surface area contributed by atoms with Crippen LogP contribution >= 0.6 is 11.6 Å². The number of aromatic nitrogens is 1. The van der Waals surface area contributed by atoms with Gasteiger partial charge < -0.3 is 10.1 Å². The summed E-state index contributed by atoms with van der Waals surface area (Å²) in [5, 5.41) is 4.07. The third-order valence-electron chi connectivity index (χ3n) is 4.31. The monoisotopic (exact) mass is 368 g/mol. The van der Waals surface area contributed by atoms with Crippen LogP contribution in [0.5, 0.6) is 5.75 Å². The fourth-order valence-corrected chi connectivity index (χ4v) is 3.22. The second-order valence-electron chi connectivity index (χ2n) is 6.33. The molecule has 1 amide bonds. The smallest absolute Gasteiger partial charge is 0.254 e. The molecule has 0 spiro atoms. The number of amides is 1. The zero-order valence-electron chi connectivity index (χ0n) is 15.1.